The minimum absolute atomic E-state index is 0.725. The minimum Gasteiger partial charge on any atom is -0.382 e. The number of hydrogen-bond donors (Lipinski definition) is 1. The van der Waals surface area contributed by atoms with E-state index >= 15 is 0 Å². The zero-order valence-electron chi connectivity index (χ0n) is 12.4. The largest absolute Gasteiger partial charge is 0.382 e. The molecule has 1 fully saturated rings. The van der Waals surface area contributed by atoms with Crippen molar-refractivity contribution >= 4 is 0 Å². The van der Waals surface area contributed by atoms with Crippen molar-refractivity contribution in [2.24, 2.45) is 7.05 Å². The summed E-state index contributed by atoms with van der Waals surface area (Å²) >= 11 is 0. The molecule has 1 N–H and O–H groups in total. The third-order valence-electron chi connectivity index (χ3n) is 4.30. The van der Waals surface area contributed by atoms with Crippen molar-refractivity contribution in [1.29, 1.82) is 0 Å². The normalized spacial score (nSPS) is 23.9. The van der Waals surface area contributed by atoms with Crippen LogP contribution >= 0.6 is 0 Å². The van der Waals surface area contributed by atoms with Crippen molar-refractivity contribution in [1.82, 2.24) is 19.4 Å². The van der Waals surface area contributed by atoms with E-state index in [1.165, 1.54) is 5.56 Å². The van der Waals surface area contributed by atoms with E-state index in [1.807, 2.05) is 30.2 Å². The van der Waals surface area contributed by atoms with Crippen LogP contribution in [0.25, 0.3) is 0 Å². The average molecular weight is 286 g/mol. The Morgan fingerprint density at radius 2 is 2.00 bits per heavy atom. The molecule has 21 heavy (non-hydrogen) atoms. The van der Waals surface area contributed by atoms with Crippen molar-refractivity contribution in [3.05, 3.63) is 48.3 Å². The Bertz CT molecular complexity index is 583. The number of aryl methyl sites for hydroxylation is 1. The Hall–Kier alpha value is -1.72. The lowest BCUT2D eigenvalue weighted by Gasteiger charge is -2.26. The maximum Gasteiger partial charge on any atom is 0.140 e. The predicted molar refractivity (Wildman–Crippen MR) is 80.5 cm³/mol. The summed E-state index contributed by atoms with van der Waals surface area (Å²) in [4.78, 5) is 10.8. The first-order chi connectivity index (χ1) is 10.2. The molecule has 0 spiro atoms. The Morgan fingerprint density at radius 1 is 1.19 bits per heavy atom. The fourth-order valence-corrected chi connectivity index (χ4v) is 3.12. The third-order valence-corrected chi connectivity index (χ3v) is 4.30. The molecule has 1 saturated heterocycles. The number of pyridine rings is 1. The highest BCUT2D eigenvalue weighted by Crippen LogP contribution is 2.31. The van der Waals surface area contributed by atoms with Gasteiger partial charge in [0.1, 0.15) is 11.4 Å². The lowest BCUT2D eigenvalue weighted by Crippen LogP contribution is -2.31. The number of nitrogens with zero attached hydrogens (tertiary/aromatic N) is 4. The van der Waals surface area contributed by atoms with Crippen LogP contribution in [0.4, 0.5) is 0 Å². The van der Waals surface area contributed by atoms with E-state index in [2.05, 4.69) is 27.0 Å². The van der Waals surface area contributed by atoms with Gasteiger partial charge in [0.05, 0.1) is 0 Å². The lowest BCUT2D eigenvalue weighted by molar-refractivity contribution is 0.00973. The summed E-state index contributed by atoms with van der Waals surface area (Å²) in [6, 6.07) is 4.10. The van der Waals surface area contributed by atoms with Gasteiger partial charge in [-0.25, -0.2) is 4.98 Å². The second-order valence-electron chi connectivity index (χ2n) is 5.88. The van der Waals surface area contributed by atoms with Gasteiger partial charge in [-0.2, -0.15) is 0 Å². The molecule has 0 aromatic carbocycles. The SMILES string of the molecule is Cn1ccnc1[C@@]1(O)CCCN(Cc2ccncc2)CC1. The van der Waals surface area contributed by atoms with Crippen LogP contribution in [-0.2, 0) is 19.2 Å². The minimum atomic E-state index is -0.800. The molecule has 0 saturated carbocycles. The van der Waals surface area contributed by atoms with E-state index in [1.54, 1.807) is 6.20 Å². The molecule has 1 aliphatic rings. The molecule has 1 atom stereocenters. The number of likely N-dealkylation sites (tertiary alicyclic amines) is 1. The van der Waals surface area contributed by atoms with Gasteiger partial charge in [-0.3, -0.25) is 9.88 Å². The molecule has 0 radical (unpaired) electrons. The first kappa shape index (κ1) is 14.2. The van der Waals surface area contributed by atoms with Crippen LogP contribution in [0.3, 0.4) is 0 Å². The van der Waals surface area contributed by atoms with E-state index in [0.29, 0.717) is 0 Å². The van der Waals surface area contributed by atoms with Gasteiger partial charge in [0.25, 0.3) is 0 Å². The summed E-state index contributed by atoms with van der Waals surface area (Å²) in [6.07, 6.45) is 9.79. The first-order valence-electron chi connectivity index (χ1n) is 7.49. The predicted octanol–water partition coefficient (Wildman–Crippen LogP) is 1.69. The summed E-state index contributed by atoms with van der Waals surface area (Å²) in [5, 5.41) is 11.0. The molecule has 0 amide bonds. The summed E-state index contributed by atoms with van der Waals surface area (Å²) in [7, 11) is 1.94. The van der Waals surface area contributed by atoms with Gasteiger partial charge in [-0.05, 0) is 43.5 Å². The van der Waals surface area contributed by atoms with Crippen molar-refractivity contribution in [3.8, 4) is 0 Å². The Balaban J connectivity index is 1.68. The zero-order valence-corrected chi connectivity index (χ0v) is 12.4. The molecule has 2 aromatic rings. The third kappa shape index (κ3) is 3.14. The molecule has 0 bridgehead atoms. The fraction of sp³-hybridized carbons (Fsp3) is 0.500. The maximum atomic E-state index is 11.0. The number of hydrogen-bond acceptors (Lipinski definition) is 4. The second kappa shape index (κ2) is 5.95. The van der Waals surface area contributed by atoms with Gasteiger partial charge in [0.2, 0.25) is 0 Å². The van der Waals surface area contributed by atoms with Gasteiger partial charge in [0, 0.05) is 44.9 Å². The van der Waals surface area contributed by atoms with Crippen LogP contribution in [0.2, 0.25) is 0 Å². The van der Waals surface area contributed by atoms with Gasteiger partial charge in [-0.15, -0.1) is 0 Å². The molecule has 3 heterocycles. The smallest absolute Gasteiger partial charge is 0.140 e. The lowest BCUT2D eigenvalue weighted by atomic mass is 9.94. The van der Waals surface area contributed by atoms with E-state index in [4.69, 9.17) is 0 Å². The van der Waals surface area contributed by atoms with E-state index in [9.17, 15) is 5.11 Å². The topological polar surface area (TPSA) is 54.2 Å². The van der Waals surface area contributed by atoms with E-state index < -0.39 is 5.60 Å². The van der Waals surface area contributed by atoms with Crippen LogP contribution in [0, 0.1) is 0 Å². The van der Waals surface area contributed by atoms with Gasteiger partial charge < -0.3 is 9.67 Å². The standard InChI is InChI=1S/C16H22N4O/c1-19-12-9-18-15(19)16(21)5-2-10-20(11-6-16)13-14-3-7-17-8-4-14/h3-4,7-9,12,21H,2,5-6,10-11,13H2,1H3/t16-/m1/s1. The Kier molecular flexibility index (Phi) is 4.03. The highest BCUT2D eigenvalue weighted by atomic mass is 16.3. The fourth-order valence-electron chi connectivity index (χ4n) is 3.12. The van der Waals surface area contributed by atoms with Crippen molar-refractivity contribution in [3.63, 3.8) is 0 Å². The first-order valence-corrected chi connectivity index (χ1v) is 7.49. The van der Waals surface area contributed by atoms with Crippen molar-refractivity contribution < 1.29 is 5.11 Å². The average Bonchev–Trinajstić information content (AvgIpc) is 2.84. The molecule has 3 rings (SSSR count). The molecule has 5 heteroatoms. The maximum absolute atomic E-state index is 11.0. The summed E-state index contributed by atoms with van der Waals surface area (Å²) in [5.74, 6) is 0.785. The van der Waals surface area contributed by atoms with E-state index in [-0.39, 0.29) is 0 Å². The molecule has 2 aromatic heterocycles. The van der Waals surface area contributed by atoms with Crippen LogP contribution in [0.1, 0.15) is 30.7 Å². The molecular formula is C16H22N4O. The summed E-state index contributed by atoms with van der Waals surface area (Å²) < 4.78 is 1.93. The number of rotatable bonds is 3. The summed E-state index contributed by atoms with van der Waals surface area (Å²) in [5.41, 5.74) is 0.470. The second-order valence-corrected chi connectivity index (χ2v) is 5.88. The zero-order chi connectivity index (χ0) is 14.7. The van der Waals surface area contributed by atoms with Gasteiger partial charge >= 0.3 is 0 Å². The van der Waals surface area contributed by atoms with Crippen LogP contribution in [0.15, 0.2) is 36.9 Å². The monoisotopic (exact) mass is 286 g/mol. The van der Waals surface area contributed by atoms with Crippen LogP contribution in [-0.4, -0.2) is 37.6 Å². The van der Waals surface area contributed by atoms with Gasteiger partial charge in [-0.1, -0.05) is 0 Å². The Morgan fingerprint density at radius 3 is 2.71 bits per heavy atom. The summed E-state index contributed by atoms with van der Waals surface area (Å²) in [6.45, 7) is 2.81. The van der Waals surface area contributed by atoms with Crippen molar-refractivity contribution in [2.45, 2.75) is 31.4 Å². The van der Waals surface area contributed by atoms with E-state index in [0.717, 1.165) is 44.7 Å². The Labute approximate surface area is 125 Å². The van der Waals surface area contributed by atoms with Crippen LogP contribution in [0.5, 0.6) is 0 Å². The highest BCUT2D eigenvalue weighted by molar-refractivity contribution is 5.10. The highest BCUT2D eigenvalue weighted by Gasteiger charge is 2.35. The molecule has 5 nitrogen and oxygen atoms in total. The van der Waals surface area contributed by atoms with Gasteiger partial charge in [0.15, 0.2) is 0 Å². The number of aromatic nitrogens is 3. The number of imidazole rings is 1. The van der Waals surface area contributed by atoms with Crippen LogP contribution < -0.4 is 0 Å². The molecule has 0 aliphatic carbocycles. The molecular weight excluding hydrogens is 264 g/mol. The molecule has 0 unspecified atom stereocenters. The molecule has 112 valence electrons. The van der Waals surface area contributed by atoms with Crippen molar-refractivity contribution in [2.75, 3.05) is 13.1 Å². The molecule has 1 aliphatic heterocycles. The number of aliphatic hydroxyl groups is 1. The quantitative estimate of drug-likeness (QED) is 0.933.